The van der Waals surface area contributed by atoms with Gasteiger partial charge in [-0.3, -0.25) is 9.36 Å². The first-order valence-electron chi connectivity index (χ1n) is 7.05. The van der Waals surface area contributed by atoms with E-state index >= 15 is 0 Å². The van der Waals surface area contributed by atoms with Crippen LogP contribution in [-0.2, 0) is 23.6 Å². The zero-order valence-corrected chi connectivity index (χ0v) is 12.5. The van der Waals surface area contributed by atoms with Crippen LogP contribution in [0.5, 0.6) is 0 Å². The van der Waals surface area contributed by atoms with Gasteiger partial charge in [-0.2, -0.15) is 0 Å². The van der Waals surface area contributed by atoms with Crippen molar-refractivity contribution in [1.82, 2.24) is 14.3 Å². The van der Waals surface area contributed by atoms with Crippen LogP contribution in [0, 0.1) is 0 Å². The van der Waals surface area contributed by atoms with Crippen LogP contribution in [0.4, 0.5) is 5.82 Å². The third-order valence-electron chi connectivity index (χ3n) is 3.64. The molecule has 1 aromatic rings. The Hall–Kier alpha value is -2.12. The normalized spacial score (nSPS) is 18.6. The van der Waals surface area contributed by atoms with Gasteiger partial charge in [0, 0.05) is 20.6 Å². The van der Waals surface area contributed by atoms with E-state index in [0.29, 0.717) is 19.6 Å². The standard InChI is InChI=1S/C13H20N4O4/c1-4-21-12(19)9-7-5-6-8-17(9)10-11(18)15(2)13(20)16(3)14-10/h9H,4-8H2,1-3H3. The first kappa shape index (κ1) is 15.3. The molecule has 21 heavy (non-hydrogen) atoms. The molecular weight excluding hydrogens is 276 g/mol. The van der Waals surface area contributed by atoms with Crippen LogP contribution < -0.4 is 16.1 Å². The highest BCUT2D eigenvalue weighted by atomic mass is 16.5. The summed E-state index contributed by atoms with van der Waals surface area (Å²) < 4.78 is 7.18. The number of hydrogen-bond donors (Lipinski definition) is 0. The largest absolute Gasteiger partial charge is 0.464 e. The zero-order chi connectivity index (χ0) is 15.6. The van der Waals surface area contributed by atoms with Crippen LogP contribution >= 0.6 is 0 Å². The Morgan fingerprint density at radius 1 is 1.33 bits per heavy atom. The molecule has 0 radical (unpaired) electrons. The van der Waals surface area contributed by atoms with Gasteiger partial charge in [0.15, 0.2) is 0 Å². The average Bonchev–Trinajstić information content (AvgIpc) is 2.49. The van der Waals surface area contributed by atoms with Crippen molar-refractivity contribution < 1.29 is 9.53 Å². The van der Waals surface area contributed by atoms with Gasteiger partial charge in [-0.25, -0.2) is 14.3 Å². The molecule has 0 spiro atoms. The summed E-state index contributed by atoms with van der Waals surface area (Å²) in [5.74, 6) is -0.229. The second kappa shape index (κ2) is 6.11. The topological polar surface area (TPSA) is 86.4 Å². The van der Waals surface area contributed by atoms with E-state index in [4.69, 9.17) is 4.74 Å². The zero-order valence-electron chi connectivity index (χ0n) is 12.5. The van der Waals surface area contributed by atoms with E-state index in [0.717, 1.165) is 22.1 Å². The summed E-state index contributed by atoms with van der Waals surface area (Å²) in [6, 6.07) is -0.517. The SMILES string of the molecule is CCOC(=O)C1CCCCN1c1nn(C)c(=O)n(C)c1=O. The van der Waals surface area contributed by atoms with Gasteiger partial charge in [-0.05, 0) is 26.2 Å². The number of piperidine rings is 1. The number of aryl methyl sites for hydroxylation is 1. The second-order valence-electron chi connectivity index (χ2n) is 5.05. The van der Waals surface area contributed by atoms with Crippen molar-refractivity contribution in [3.05, 3.63) is 20.8 Å². The van der Waals surface area contributed by atoms with Gasteiger partial charge in [-0.1, -0.05) is 0 Å². The van der Waals surface area contributed by atoms with Gasteiger partial charge >= 0.3 is 11.7 Å². The predicted molar refractivity (Wildman–Crippen MR) is 76.3 cm³/mol. The minimum atomic E-state index is -0.517. The Morgan fingerprint density at radius 2 is 2.05 bits per heavy atom. The quantitative estimate of drug-likeness (QED) is 0.692. The average molecular weight is 296 g/mol. The van der Waals surface area contributed by atoms with Crippen molar-refractivity contribution in [2.75, 3.05) is 18.1 Å². The lowest BCUT2D eigenvalue weighted by atomic mass is 10.0. The molecule has 1 unspecified atom stereocenters. The van der Waals surface area contributed by atoms with E-state index in [1.54, 1.807) is 11.8 Å². The molecule has 0 aliphatic carbocycles. The molecule has 1 aliphatic heterocycles. The van der Waals surface area contributed by atoms with Crippen LogP contribution in [0.25, 0.3) is 0 Å². The summed E-state index contributed by atoms with van der Waals surface area (Å²) in [6.07, 6.45) is 2.38. The maximum Gasteiger partial charge on any atom is 0.346 e. The lowest BCUT2D eigenvalue weighted by Crippen LogP contribution is -2.51. The number of aromatic nitrogens is 3. The maximum atomic E-state index is 12.3. The Balaban J connectivity index is 2.45. The van der Waals surface area contributed by atoms with Crippen molar-refractivity contribution in [1.29, 1.82) is 0 Å². The first-order valence-corrected chi connectivity index (χ1v) is 7.05. The molecule has 0 N–H and O–H groups in total. The highest BCUT2D eigenvalue weighted by Gasteiger charge is 2.33. The fourth-order valence-corrected chi connectivity index (χ4v) is 2.53. The summed E-state index contributed by atoms with van der Waals surface area (Å²) in [7, 11) is 2.88. The van der Waals surface area contributed by atoms with E-state index in [1.165, 1.54) is 14.1 Å². The minimum absolute atomic E-state index is 0.123. The highest BCUT2D eigenvalue weighted by Crippen LogP contribution is 2.21. The van der Waals surface area contributed by atoms with Gasteiger partial charge in [0.1, 0.15) is 6.04 Å². The van der Waals surface area contributed by atoms with Crippen LogP contribution in [0.2, 0.25) is 0 Å². The summed E-state index contributed by atoms with van der Waals surface area (Å²) in [5.41, 5.74) is -0.984. The summed E-state index contributed by atoms with van der Waals surface area (Å²) in [5, 5.41) is 4.04. The molecule has 1 aromatic heterocycles. The van der Waals surface area contributed by atoms with Crippen molar-refractivity contribution in [3.8, 4) is 0 Å². The van der Waals surface area contributed by atoms with E-state index < -0.39 is 17.3 Å². The maximum absolute atomic E-state index is 12.3. The van der Waals surface area contributed by atoms with E-state index in [1.807, 2.05) is 0 Å². The molecule has 2 heterocycles. The monoisotopic (exact) mass is 296 g/mol. The lowest BCUT2D eigenvalue weighted by Gasteiger charge is -2.34. The van der Waals surface area contributed by atoms with Crippen molar-refractivity contribution in [2.24, 2.45) is 14.1 Å². The molecule has 1 fully saturated rings. The molecule has 0 saturated carbocycles. The minimum Gasteiger partial charge on any atom is -0.464 e. The Labute approximate surface area is 121 Å². The molecule has 0 aromatic carbocycles. The molecule has 0 bridgehead atoms. The summed E-state index contributed by atoms with van der Waals surface area (Å²) in [4.78, 5) is 37.7. The third kappa shape index (κ3) is 2.84. The van der Waals surface area contributed by atoms with E-state index in [2.05, 4.69) is 5.10 Å². The molecule has 1 saturated heterocycles. The number of anilines is 1. The van der Waals surface area contributed by atoms with Crippen LogP contribution in [0.1, 0.15) is 26.2 Å². The molecule has 1 aliphatic rings. The van der Waals surface area contributed by atoms with E-state index in [9.17, 15) is 14.4 Å². The molecule has 8 nitrogen and oxygen atoms in total. The fourth-order valence-electron chi connectivity index (χ4n) is 2.53. The van der Waals surface area contributed by atoms with Crippen LogP contribution in [0.15, 0.2) is 9.59 Å². The number of rotatable bonds is 3. The van der Waals surface area contributed by atoms with Gasteiger partial charge in [0.05, 0.1) is 6.61 Å². The Bertz CT molecular complexity index is 649. The molecule has 116 valence electrons. The van der Waals surface area contributed by atoms with Gasteiger partial charge in [0.25, 0.3) is 5.56 Å². The highest BCUT2D eigenvalue weighted by molar-refractivity contribution is 5.79. The molecule has 8 heteroatoms. The molecule has 0 amide bonds. The third-order valence-corrected chi connectivity index (χ3v) is 3.64. The summed E-state index contributed by atoms with van der Waals surface area (Å²) >= 11 is 0. The number of esters is 1. The van der Waals surface area contributed by atoms with Gasteiger partial charge in [0.2, 0.25) is 5.82 Å². The van der Waals surface area contributed by atoms with Crippen LogP contribution in [0.3, 0.4) is 0 Å². The van der Waals surface area contributed by atoms with Crippen LogP contribution in [-0.4, -0.2) is 39.5 Å². The number of carbonyl (C=O) groups excluding carboxylic acids is 1. The van der Waals surface area contributed by atoms with E-state index in [-0.39, 0.29) is 11.8 Å². The molecular formula is C13H20N4O4. The number of hydrogen-bond acceptors (Lipinski definition) is 6. The predicted octanol–water partition coefficient (Wildman–Crippen LogP) is -0.599. The Kier molecular flexibility index (Phi) is 4.44. The molecule has 2 rings (SSSR count). The van der Waals surface area contributed by atoms with Crippen molar-refractivity contribution in [2.45, 2.75) is 32.2 Å². The van der Waals surface area contributed by atoms with Crippen molar-refractivity contribution >= 4 is 11.8 Å². The lowest BCUT2D eigenvalue weighted by molar-refractivity contribution is -0.145. The number of ether oxygens (including phenoxy) is 1. The Morgan fingerprint density at radius 3 is 2.71 bits per heavy atom. The fraction of sp³-hybridized carbons (Fsp3) is 0.692. The van der Waals surface area contributed by atoms with Gasteiger partial charge in [-0.15, -0.1) is 5.10 Å². The summed E-state index contributed by atoms with van der Waals surface area (Å²) in [6.45, 7) is 2.58. The number of nitrogens with zero attached hydrogens (tertiary/aromatic N) is 4. The second-order valence-corrected chi connectivity index (χ2v) is 5.05. The smallest absolute Gasteiger partial charge is 0.346 e. The first-order chi connectivity index (χ1) is 9.97. The van der Waals surface area contributed by atoms with Crippen molar-refractivity contribution in [3.63, 3.8) is 0 Å². The number of carbonyl (C=O) groups is 1. The van der Waals surface area contributed by atoms with Gasteiger partial charge < -0.3 is 9.64 Å². The molecule has 1 atom stereocenters.